The quantitative estimate of drug-likeness (QED) is 0.672. The van der Waals surface area contributed by atoms with Crippen LogP contribution in [0.4, 0.5) is 0 Å². The summed E-state index contributed by atoms with van der Waals surface area (Å²) in [5, 5.41) is 0. The van der Waals surface area contributed by atoms with Gasteiger partial charge in [-0.2, -0.15) is 0 Å². The summed E-state index contributed by atoms with van der Waals surface area (Å²) < 4.78 is 0. The Hall–Kier alpha value is -1.10. The van der Waals surface area contributed by atoms with Crippen LogP contribution in [0.3, 0.4) is 0 Å². The van der Waals surface area contributed by atoms with Crippen molar-refractivity contribution in [3.05, 3.63) is 0 Å². The number of carbonyl (C=O) groups excluding carboxylic acids is 2. The highest BCUT2D eigenvalue weighted by molar-refractivity contribution is 5.94. The van der Waals surface area contributed by atoms with E-state index in [1.807, 2.05) is 6.92 Å². The van der Waals surface area contributed by atoms with Gasteiger partial charge in [-0.25, -0.2) is 0 Å². The third kappa shape index (κ3) is 2.47. The minimum absolute atomic E-state index is 0.00804. The molecule has 0 spiro atoms. The van der Waals surface area contributed by atoms with Gasteiger partial charge in [0.05, 0.1) is 6.54 Å². The highest BCUT2D eigenvalue weighted by Crippen LogP contribution is 2.11. The molecule has 1 rings (SSSR count). The van der Waals surface area contributed by atoms with Crippen LogP contribution in [0.1, 0.15) is 13.8 Å². The molecule has 2 unspecified atom stereocenters. The van der Waals surface area contributed by atoms with Gasteiger partial charge < -0.3 is 15.5 Å². The molecule has 0 aliphatic carbocycles. The summed E-state index contributed by atoms with van der Waals surface area (Å²) in [6.45, 7) is 5.01. The zero-order chi connectivity index (χ0) is 11.6. The van der Waals surface area contributed by atoms with Crippen LogP contribution in [-0.4, -0.2) is 54.3 Å². The second-order valence-electron chi connectivity index (χ2n) is 4.24. The van der Waals surface area contributed by atoms with E-state index in [0.717, 1.165) is 0 Å². The molecule has 1 heterocycles. The first kappa shape index (κ1) is 12.0. The molecule has 2 N–H and O–H groups in total. The average molecular weight is 213 g/mol. The van der Waals surface area contributed by atoms with Gasteiger partial charge in [0.25, 0.3) is 0 Å². The number of carbonyl (C=O) groups is 2. The molecule has 5 nitrogen and oxygen atoms in total. The van der Waals surface area contributed by atoms with E-state index in [0.29, 0.717) is 13.1 Å². The maximum atomic E-state index is 11.8. The summed E-state index contributed by atoms with van der Waals surface area (Å²) in [6.07, 6.45) is 0. The Labute approximate surface area is 90.2 Å². The van der Waals surface area contributed by atoms with E-state index in [1.54, 1.807) is 18.9 Å². The first-order valence-electron chi connectivity index (χ1n) is 5.22. The first-order chi connectivity index (χ1) is 6.97. The lowest BCUT2D eigenvalue weighted by Gasteiger charge is -2.37. The largest absolute Gasteiger partial charge is 0.332 e. The molecule has 86 valence electrons. The average Bonchev–Trinajstić information content (AvgIpc) is 2.22. The summed E-state index contributed by atoms with van der Waals surface area (Å²) in [7, 11) is 1.66. The highest BCUT2D eigenvalue weighted by atomic mass is 16.2. The lowest BCUT2D eigenvalue weighted by Crippen LogP contribution is -2.58. The van der Waals surface area contributed by atoms with Crippen LogP contribution >= 0.6 is 0 Å². The molecule has 15 heavy (non-hydrogen) atoms. The van der Waals surface area contributed by atoms with Crippen molar-refractivity contribution in [1.29, 1.82) is 0 Å². The number of hydrogen-bond donors (Lipinski definition) is 1. The normalized spacial score (nSPS) is 24.7. The summed E-state index contributed by atoms with van der Waals surface area (Å²) in [5.74, 6) is 0.237. The zero-order valence-corrected chi connectivity index (χ0v) is 9.56. The van der Waals surface area contributed by atoms with Crippen molar-refractivity contribution in [2.75, 3.05) is 26.7 Å². The van der Waals surface area contributed by atoms with E-state index in [4.69, 9.17) is 5.73 Å². The molecule has 1 aliphatic rings. The van der Waals surface area contributed by atoms with E-state index >= 15 is 0 Å². The van der Waals surface area contributed by atoms with Crippen LogP contribution in [0.2, 0.25) is 0 Å². The number of nitrogens with zero attached hydrogens (tertiary/aromatic N) is 2. The lowest BCUT2D eigenvalue weighted by atomic mass is 10.1. The Kier molecular flexibility index (Phi) is 3.68. The molecule has 1 aliphatic heterocycles. The van der Waals surface area contributed by atoms with Gasteiger partial charge in [0.15, 0.2) is 0 Å². The fourth-order valence-electron chi connectivity index (χ4n) is 1.60. The smallest absolute Gasteiger partial charge is 0.245 e. The van der Waals surface area contributed by atoms with Crippen molar-refractivity contribution in [1.82, 2.24) is 9.80 Å². The third-order valence-electron chi connectivity index (χ3n) is 2.90. The fourth-order valence-corrected chi connectivity index (χ4v) is 1.60. The van der Waals surface area contributed by atoms with Gasteiger partial charge in [0, 0.05) is 13.6 Å². The van der Waals surface area contributed by atoms with Crippen molar-refractivity contribution in [2.45, 2.75) is 19.9 Å². The van der Waals surface area contributed by atoms with Crippen molar-refractivity contribution < 1.29 is 9.59 Å². The minimum atomic E-state index is -0.351. The maximum Gasteiger partial charge on any atom is 0.245 e. The van der Waals surface area contributed by atoms with Crippen LogP contribution < -0.4 is 5.73 Å². The van der Waals surface area contributed by atoms with Crippen LogP contribution in [0.5, 0.6) is 0 Å². The van der Waals surface area contributed by atoms with Crippen molar-refractivity contribution >= 4 is 11.8 Å². The van der Waals surface area contributed by atoms with Gasteiger partial charge in [-0.15, -0.1) is 0 Å². The van der Waals surface area contributed by atoms with Gasteiger partial charge in [-0.3, -0.25) is 9.59 Å². The molecule has 0 radical (unpaired) electrons. The molecule has 2 amide bonds. The summed E-state index contributed by atoms with van der Waals surface area (Å²) in [5.41, 5.74) is 5.50. The summed E-state index contributed by atoms with van der Waals surface area (Å²) in [4.78, 5) is 26.4. The fraction of sp³-hybridized carbons (Fsp3) is 0.800. The lowest BCUT2D eigenvalue weighted by molar-refractivity contribution is -0.153. The van der Waals surface area contributed by atoms with Crippen LogP contribution in [0.15, 0.2) is 0 Å². The molecule has 1 saturated heterocycles. The number of piperazine rings is 1. The highest BCUT2D eigenvalue weighted by Gasteiger charge is 2.34. The third-order valence-corrected chi connectivity index (χ3v) is 2.90. The van der Waals surface area contributed by atoms with E-state index in [1.165, 1.54) is 4.90 Å². The number of hydrogen-bond acceptors (Lipinski definition) is 3. The first-order valence-corrected chi connectivity index (χ1v) is 5.22. The van der Waals surface area contributed by atoms with E-state index < -0.39 is 0 Å². The van der Waals surface area contributed by atoms with Gasteiger partial charge >= 0.3 is 0 Å². The van der Waals surface area contributed by atoms with E-state index in [2.05, 4.69) is 0 Å². The topological polar surface area (TPSA) is 66.6 Å². The number of nitrogens with two attached hydrogens (primary N) is 1. The Morgan fingerprint density at radius 2 is 2.13 bits per heavy atom. The molecule has 0 aromatic carbocycles. The van der Waals surface area contributed by atoms with Gasteiger partial charge in [-0.05, 0) is 19.4 Å². The van der Waals surface area contributed by atoms with Gasteiger partial charge in [0.2, 0.25) is 11.8 Å². The molecule has 0 aromatic heterocycles. The van der Waals surface area contributed by atoms with E-state index in [-0.39, 0.29) is 30.3 Å². The molecule has 0 aromatic rings. The second-order valence-corrected chi connectivity index (χ2v) is 4.24. The molecule has 0 bridgehead atoms. The van der Waals surface area contributed by atoms with Crippen LogP contribution in [0.25, 0.3) is 0 Å². The van der Waals surface area contributed by atoms with Crippen LogP contribution in [0, 0.1) is 5.92 Å². The summed E-state index contributed by atoms with van der Waals surface area (Å²) in [6, 6.07) is -0.351. The molecule has 5 heteroatoms. The maximum absolute atomic E-state index is 11.8. The predicted octanol–water partition coefficient (Wildman–Crippen LogP) is -0.730. The van der Waals surface area contributed by atoms with Crippen LogP contribution in [-0.2, 0) is 9.59 Å². The van der Waals surface area contributed by atoms with Crippen molar-refractivity contribution in [2.24, 2.45) is 11.7 Å². The molecule has 1 fully saturated rings. The summed E-state index contributed by atoms with van der Waals surface area (Å²) >= 11 is 0. The van der Waals surface area contributed by atoms with Gasteiger partial charge in [-0.1, -0.05) is 6.92 Å². The Balaban J connectivity index is 2.67. The second kappa shape index (κ2) is 4.61. The molecular formula is C10H19N3O2. The SMILES string of the molecule is CC(CN)CN1CC(=O)N(C)C(C)C1=O. The van der Waals surface area contributed by atoms with Crippen molar-refractivity contribution in [3.8, 4) is 0 Å². The minimum Gasteiger partial charge on any atom is -0.332 e. The Bertz CT molecular complexity index is 267. The van der Waals surface area contributed by atoms with E-state index in [9.17, 15) is 9.59 Å². The van der Waals surface area contributed by atoms with Gasteiger partial charge in [0.1, 0.15) is 6.04 Å². The number of amides is 2. The molecule has 2 atom stereocenters. The molecule has 0 saturated carbocycles. The Morgan fingerprint density at radius 3 is 2.67 bits per heavy atom. The predicted molar refractivity (Wildman–Crippen MR) is 57.0 cm³/mol. The number of likely N-dealkylation sites (N-methyl/N-ethyl adjacent to an activating group) is 1. The monoisotopic (exact) mass is 213 g/mol. The van der Waals surface area contributed by atoms with Crippen molar-refractivity contribution in [3.63, 3.8) is 0 Å². The Morgan fingerprint density at radius 1 is 1.53 bits per heavy atom. The molecular weight excluding hydrogens is 194 g/mol. The standard InChI is InChI=1S/C10H19N3O2/c1-7(4-11)5-13-6-9(14)12(3)8(2)10(13)15/h7-8H,4-6,11H2,1-3H3. The number of rotatable bonds is 3. The zero-order valence-electron chi connectivity index (χ0n) is 9.56.